The Morgan fingerprint density at radius 2 is 1.71 bits per heavy atom. The monoisotopic (exact) mass is 279 g/mol. The fourth-order valence-electron chi connectivity index (χ4n) is 2.69. The Morgan fingerprint density at radius 1 is 0.952 bits per heavy atom. The molecular weight excluding hydrogens is 258 g/mol. The number of aryl methyl sites for hydroxylation is 1. The first kappa shape index (κ1) is 13.7. The van der Waals surface area contributed by atoms with Gasteiger partial charge in [-0.15, -0.1) is 0 Å². The standard InChI is InChI=1S/C19H21NO/c1-3-4-12-20-13-11-17-14-16(7-10-19(17)20)15-5-8-18(21-2)9-6-15/h5-11,13-14H,3-4,12H2,1-2H3. The zero-order chi connectivity index (χ0) is 14.7. The number of benzene rings is 2. The lowest BCUT2D eigenvalue weighted by molar-refractivity contribution is 0.415. The lowest BCUT2D eigenvalue weighted by Crippen LogP contribution is -1.94. The number of aromatic nitrogens is 1. The molecule has 0 radical (unpaired) electrons. The predicted molar refractivity (Wildman–Crippen MR) is 88.8 cm³/mol. The number of hydrogen-bond donors (Lipinski definition) is 0. The van der Waals surface area contributed by atoms with Gasteiger partial charge in [-0.3, -0.25) is 0 Å². The van der Waals surface area contributed by atoms with Crippen LogP contribution in [0.3, 0.4) is 0 Å². The van der Waals surface area contributed by atoms with Gasteiger partial charge in [0.1, 0.15) is 5.75 Å². The van der Waals surface area contributed by atoms with E-state index in [1.54, 1.807) is 7.11 Å². The Bertz CT molecular complexity index is 725. The van der Waals surface area contributed by atoms with E-state index in [9.17, 15) is 0 Å². The van der Waals surface area contributed by atoms with Crippen LogP contribution in [0.5, 0.6) is 5.75 Å². The van der Waals surface area contributed by atoms with E-state index >= 15 is 0 Å². The van der Waals surface area contributed by atoms with Gasteiger partial charge in [0.05, 0.1) is 7.11 Å². The predicted octanol–water partition coefficient (Wildman–Crippen LogP) is 5.12. The van der Waals surface area contributed by atoms with Crippen LogP contribution in [0.25, 0.3) is 22.0 Å². The Labute approximate surface area is 126 Å². The molecule has 3 aromatic rings. The molecule has 2 heteroatoms. The van der Waals surface area contributed by atoms with Crippen LogP contribution >= 0.6 is 0 Å². The number of unbranched alkanes of at least 4 members (excludes halogenated alkanes) is 1. The van der Waals surface area contributed by atoms with Gasteiger partial charge in [-0.2, -0.15) is 0 Å². The molecule has 0 fully saturated rings. The van der Waals surface area contributed by atoms with Crippen LogP contribution < -0.4 is 4.74 Å². The van der Waals surface area contributed by atoms with Crippen molar-refractivity contribution in [1.29, 1.82) is 0 Å². The molecule has 0 N–H and O–H groups in total. The first-order chi connectivity index (χ1) is 10.3. The van der Waals surface area contributed by atoms with E-state index in [4.69, 9.17) is 4.74 Å². The molecule has 0 saturated carbocycles. The summed E-state index contributed by atoms with van der Waals surface area (Å²) >= 11 is 0. The van der Waals surface area contributed by atoms with Gasteiger partial charge in [0.25, 0.3) is 0 Å². The zero-order valence-electron chi connectivity index (χ0n) is 12.7. The molecule has 2 aromatic carbocycles. The lowest BCUT2D eigenvalue weighted by atomic mass is 10.0. The molecule has 1 aromatic heterocycles. The SMILES string of the molecule is CCCCn1ccc2cc(-c3ccc(OC)cc3)ccc21. The van der Waals surface area contributed by atoms with E-state index in [-0.39, 0.29) is 0 Å². The largest absolute Gasteiger partial charge is 0.497 e. The summed E-state index contributed by atoms with van der Waals surface area (Å²) in [5.41, 5.74) is 3.79. The first-order valence-corrected chi connectivity index (χ1v) is 7.55. The molecule has 3 rings (SSSR count). The van der Waals surface area contributed by atoms with E-state index < -0.39 is 0 Å². The van der Waals surface area contributed by atoms with Crippen molar-refractivity contribution in [3.8, 4) is 16.9 Å². The second kappa shape index (κ2) is 6.04. The average molecular weight is 279 g/mol. The van der Waals surface area contributed by atoms with E-state index in [1.165, 1.54) is 34.9 Å². The molecular formula is C19H21NO. The summed E-state index contributed by atoms with van der Waals surface area (Å²) in [6.07, 6.45) is 4.64. The molecule has 0 aliphatic heterocycles. The maximum Gasteiger partial charge on any atom is 0.118 e. The van der Waals surface area contributed by atoms with Crippen LogP contribution in [0.4, 0.5) is 0 Å². The summed E-state index contributed by atoms with van der Waals surface area (Å²) < 4.78 is 7.56. The number of nitrogens with zero attached hydrogens (tertiary/aromatic N) is 1. The van der Waals surface area contributed by atoms with Gasteiger partial charge in [-0.05, 0) is 47.9 Å². The van der Waals surface area contributed by atoms with Crippen molar-refractivity contribution in [2.75, 3.05) is 7.11 Å². The van der Waals surface area contributed by atoms with Crippen molar-refractivity contribution >= 4 is 10.9 Å². The molecule has 0 saturated heterocycles. The van der Waals surface area contributed by atoms with Crippen molar-refractivity contribution < 1.29 is 4.74 Å². The molecule has 0 atom stereocenters. The fourth-order valence-corrected chi connectivity index (χ4v) is 2.69. The molecule has 21 heavy (non-hydrogen) atoms. The summed E-state index contributed by atoms with van der Waals surface area (Å²) in [4.78, 5) is 0. The topological polar surface area (TPSA) is 14.2 Å². The highest BCUT2D eigenvalue weighted by Gasteiger charge is 2.04. The van der Waals surface area contributed by atoms with Crippen molar-refractivity contribution in [3.05, 3.63) is 54.7 Å². The third-order valence-electron chi connectivity index (χ3n) is 3.95. The minimum atomic E-state index is 0.894. The van der Waals surface area contributed by atoms with Crippen LogP contribution in [-0.2, 0) is 6.54 Å². The molecule has 0 aliphatic carbocycles. The molecule has 0 amide bonds. The van der Waals surface area contributed by atoms with Gasteiger partial charge in [0.15, 0.2) is 0 Å². The van der Waals surface area contributed by atoms with E-state index in [0.717, 1.165) is 12.3 Å². The van der Waals surface area contributed by atoms with Crippen molar-refractivity contribution in [1.82, 2.24) is 4.57 Å². The van der Waals surface area contributed by atoms with Crippen LogP contribution in [-0.4, -0.2) is 11.7 Å². The molecule has 1 heterocycles. The Hall–Kier alpha value is -2.22. The molecule has 0 bridgehead atoms. The molecule has 2 nitrogen and oxygen atoms in total. The first-order valence-electron chi connectivity index (χ1n) is 7.55. The maximum absolute atomic E-state index is 5.21. The third-order valence-corrected chi connectivity index (χ3v) is 3.95. The van der Waals surface area contributed by atoms with Gasteiger partial charge in [0, 0.05) is 23.6 Å². The molecule has 0 unspecified atom stereocenters. The van der Waals surface area contributed by atoms with Gasteiger partial charge in [-0.25, -0.2) is 0 Å². The minimum Gasteiger partial charge on any atom is -0.497 e. The zero-order valence-corrected chi connectivity index (χ0v) is 12.7. The summed E-state index contributed by atoms with van der Waals surface area (Å²) in [7, 11) is 1.69. The lowest BCUT2D eigenvalue weighted by Gasteiger charge is -2.06. The highest BCUT2D eigenvalue weighted by molar-refractivity contribution is 5.85. The average Bonchev–Trinajstić information content (AvgIpc) is 2.95. The fraction of sp³-hybridized carbons (Fsp3) is 0.263. The molecule has 108 valence electrons. The number of fused-ring (bicyclic) bond motifs is 1. The number of methoxy groups -OCH3 is 1. The normalized spacial score (nSPS) is 11.0. The van der Waals surface area contributed by atoms with Gasteiger partial charge < -0.3 is 9.30 Å². The van der Waals surface area contributed by atoms with Gasteiger partial charge in [-0.1, -0.05) is 31.5 Å². The Kier molecular flexibility index (Phi) is 3.96. The number of rotatable bonds is 5. The maximum atomic E-state index is 5.21. The summed E-state index contributed by atoms with van der Waals surface area (Å²) in [5.74, 6) is 0.894. The highest BCUT2D eigenvalue weighted by atomic mass is 16.5. The van der Waals surface area contributed by atoms with Crippen LogP contribution in [0, 0.1) is 0 Å². The Balaban J connectivity index is 1.93. The summed E-state index contributed by atoms with van der Waals surface area (Å²) in [6.45, 7) is 3.33. The molecule has 0 spiro atoms. The van der Waals surface area contributed by atoms with E-state index in [1.807, 2.05) is 12.1 Å². The van der Waals surface area contributed by atoms with Gasteiger partial charge in [0.2, 0.25) is 0 Å². The van der Waals surface area contributed by atoms with Crippen LogP contribution in [0.15, 0.2) is 54.7 Å². The highest BCUT2D eigenvalue weighted by Crippen LogP contribution is 2.26. The number of hydrogen-bond acceptors (Lipinski definition) is 1. The van der Waals surface area contributed by atoms with Crippen molar-refractivity contribution in [2.45, 2.75) is 26.3 Å². The van der Waals surface area contributed by atoms with Crippen molar-refractivity contribution in [2.24, 2.45) is 0 Å². The second-order valence-corrected chi connectivity index (χ2v) is 5.36. The van der Waals surface area contributed by atoms with Crippen LogP contribution in [0.2, 0.25) is 0 Å². The quantitative estimate of drug-likeness (QED) is 0.632. The van der Waals surface area contributed by atoms with E-state index in [2.05, 4.69) is 54.1 Å². The van der Waals surface area contributed by atoms with E-state index in [0.29, 0.717) is 0 Å². The van der Waals surface area contributed by atoms with Crippen LogP contribution in [0.1, 0.15) is 19.8 Å². The Morgan fingerprint density at radius 3 is 2.43 bits per heavy atom. The van der Waals surface area contributed by atoms with Crippen molar-refractivity contribution in [3.63, 3.8) is 0 Å². The third kappa shape index (κ3) is 2.80. The molecule has 0 aliphatic rings. The smallest absolute Gasteiger partial charge is 0.118 e. The second-order valence-electron chi connectivity index (χ2n) is 5.36. The number of ether oxygens (including phenoxy) is 1. The summed E-state index contributed by atoms with van der Waals surface area (Å²) in [6, 6.07) is 17.1. The minimum absolute atomic E-state index is 0.894. The van der Waals surface area contributed by atoms with Gasteiger partial charge >= 0.3 is 0 Å². The summed E-state index contributed by atoms with van der Waals surface area (Å²) in [5, 5.41) is 1.31.